The number of carbonyl (C=O) groups excluding carboxylic acids is 1. The van der Waals surface area contributed by atoms with E-state index in [9.17, 15) is 9.59 Å². The first-order valence-corrected chi connectivity index (χ1v) is 7.01. The molecule has 0 aromatic heterocycles. The van der Waals surface area contributed by atoms with Gasteiger partial charge in [0.1, 0.15) is 6.04 Å². The van der Waals surface area contributed by atoms with E-state index >= 15 is 0 Å². The van der Waals surface area contributed by atoms with E-state index in [0.717, 1.165) is 19.5 Å². The standard InChI is InChI=1S/C13H25N3O3/c1-4-6-11(12(17)18)14-13(19)16-8-7-15(5-2)10(3)9-16/h10-11H,4-9H2,1-3H3,(H,14,19)(H,17,18)/t10?,11-/m1/s1. The molecule has 0 bridgehead atoms. The van der Waals surface area contributed by atoms with Crippen molar-refractivity contribution in [2.45, 2.75) is 45.7 Å². The van der Waals surface area contributed by atoms with Crippen molar-refractivity contribution in [2.75, 3.05) is 26.2 Å². The molecule has 19 heavy (non-hydrogen) atoms. The number of nitrogens with one attached hydrogen (secondary N) is 1. The molecule has 1 rings (SSSR count). The quantitative estimate of drug-likeness (QED) is 0.781. The summed E-state index contributed by atoms with van der Waals surface area (Å²) >= 11 is 0. The maximum absolute atomic E-state index is 12.1. The van der Waals surface area contributed by atoms with E-state index in [4.69, 9.17) is 5.11 Å². The van der Waals surface area contributed by atoms with Gasteiger partial charge in [0.2, 0.25) is 0 Å². The molecule has 1 heterocycles. The lowest BCUT2D eigenvalue weighted by molar-refractivity contribution is -0.139. The second kappa shape index (κ2) is 7.33. The topological polar surface area (TPSA) is 72.9 Å². The molecule has 0 radical (unpaired) electrons. The molecule has 0 aromatic carbocycles. The molecule has 2 amide bonds. The number of urea groups is 1. The molecule has 2 atom stereocenters. The van der Waals surface area contributed by atoms with Crippen molar-refractivity contribution in [2.24, 2.45) is 0 Å². The molecule has 110 valence electrons. The Bertz CT molecular complexity index is 322. The number of rotatable bonds is 5. The predicted octanol–water partition coefficient (Wildman–Crippen LogP) is 0.975. The molecule has 1 saturated heterocycles. The van der Waals surface area contributed by atoms with Crippen LogP contribution in [0.25, 0.3) is 0 Å². The average molecular weight is 271 g/mol. The third kappa shape index (κ3) is 4.38. The van der Waals surface area contributed by atoms with Crippen LogP contribution in [0.5, 0.6) is 0 Å². The second-order valence-electron chi connectivity index (χ2n) is 5.05. The number of nitrogens with zero attached hydrogens (tertiary/aromatic N) is 2. The average Bonchev–Trinajstić information content (AvgIpc) is 2.37. The highest BCUT2D eigenvalue weighted by Crippen LogP contribution is 2.09. The van der Waals surface area contributed by atoms with E-state index < -0.39 is 12.0 Å². The maximum Gasteiger partial charge on any atom is 0.326 e. The van der Waals surface area contributed by atoms with E-state index in [1.807, 2.05) is 6.92 Å². The minimum Gasteiger partial charge on any atom is -0.480 e. The van der Waals surface area contributed by atoms with Gasteiger partial charge < -0.3 is 15.3 Å². The highest BCUT2D eigenvalue weighted by atomic mass is 16.4. The number of likely N-dealkylation sites (N-methyl/N-ethyl adjacent to an activating group) is 1. The van der Waals surface area contributed by atoms with Crippen LogP contribution >= 0.6 is 0 Å². The van der Waals surface area contributed by atoms with Crippen molar-refractivity contribution in [3.05, 3.63) is 0 Å². The molecule has 1 fully saturated rings. The van der Waals surface area contributed by atoms with E-state index in [2.05, 4.69) is 24.1 Å². The van der Waals surface area contributed by atoms with Crippen LogP contribution in [-0.2, 0) is 4.79 Å². The molecule has 0 saturated carbocycles. The molecule has 1 unspecified atom stereocenters. The molecule has 6 nitrogen and oxygen atoms in total. The van der Waals surface area contributed by atoms with Gasteiger partial charge in [-0.1, -0.05) is 20.3 Å². The van der Waals surface area contributed by atoms with Gasteiger partial charge in [-0.2, -0.15) is 0 Å². The number of carbonyl (C=O) groups is 2. The van der Waals surface area contributed by atoms with Crippen molar-refractivity contribution in [3.63, 3.8) is 0 Å². The van der Waals surface area contributed by atoms with E-state index in [1.54, 1.807) is 4.90 Å². The van der Waals surface area contributed by atoms with Gasteiger partial charge in [-0.3, -0.25) is 4.90 Å². The summed E-state index contributed by atoms with van der Waals surface area (Å²) in [5.74, 6) is -0.963. The molecule has 2 N–H and O–H groups in total. The molecule has 0 spiro atoms. The van der Waals surface area contributed by atoms with Gasteiger partial charge >= 0.3 is 12.0 Å². The fourth-order valence-corrected chi connectivity index (χ4v) is 2.44. The minimum atomic E-state index is -0.963. The first kappa shape index (κ1) is 15.8. The summed E-state index contributed by atoms with van der Waals surface area (Å²) in [4.78, 5) is 27.1. The van der Waals surface area contributed by atoms with Gasteiger partial charge in [0, 0.05) is 25.7 Å². The van der Waals surface area contributed by atoms with Gasteiger partial charge in [0.15, 0.2) is 0 Å². The monoisotopic (exact) mass is 271 g/mol. The van der Waals surface area contributed by atoms with Gasteiger partial charge in [-0.25, -0.2) is 9.59 Å². The Morgan fingerprint density at radius 3 is 2.53 bits per heavy atom. The number of hydrogen-bond donors (Lipinski definition) is 2. The lowest BCUT2D eigenvalue weighted by atomic mass is 10.1. The lowest BCUT2D eigenvalue weighted by Crippen LogP contribution is -2.57. The number of carboxylic acids is 1. The third-order valence-corrected chi connectivity index (χ3v) is 3.63. The van der Waals surface area contributed by atoms with Gasteiger partial charge in [0.05, 0.1) is 0 Å². The third-order valence-electron chi connectivity index (χ3n) is 3.63. The van der Waals surface area contributed by atoms with Crippen molar-refractivity contribution in [1.29, 1.82) is 0 Å². The Morgan fingerprint density at radius 1 is 1.37 bits per heavy atom. The Labute approximate surface area is 114 Å². The smallest absolute Gasteiger partial charge is 0.326 e. The van der Waals surface area contributed by atoms with Crippen molar-refractivity contribution in [1.82, 2.24) is 15.1 Å². The van der Waals surface area contributed by atoms with Crippen LogP contribution in [-0.4, -0.2) is 65.2 Å². The highest BCUT2D eigenvalue weighted by molar-refractivity contribution is 5.82. The molecule has 1 aliphatic rings. The fraction of sp³-hybridized carbons (Fsp3) is 0.846. The summed E-state index contributed by atoms with van der Waals surface area (Å²) in [5.41, 5.74) is 0. The largest absolute Gasteiger partial charge is 0.480 e. The number of piperazine rings is 1. The first-order chi connectivity index (χ1) is 8.99. The molecular weight excluding hydrogens is 246 g/mol. The summed E-state index contributed by atoms with van der Waals surface area (Å²) in [7, 11) is 0. The zero-order valence-electron chi connectivity index (χ0n) is 12.1. The fourth-order valence-electron chi connectivity index (χ4n) is 2.44. The maximum atomic E-state index is 12.1. The summed E-state index contributed by atoms with van der Waals surface area (Å²) in [6.07, 6.45) is 1.20. The van der Waals surface area contributed by atoms with Crippen molar-refractivity contribution in [3.8, 4) is 0 Å². The van der Waals surface area contributed by atoms with E-state index in [1.165, 1.54) is 0 Å². The number of hydrogen-bond acceptors (Lipinski definition) is 3. The van der Waals surface area contributed by atoms with Gasteiger partial charge in [-0.05, 0) is 19.9 Å². The number of amides is 2. The summed E-state index contributed by atoms with van der Waals surface area (Å²) in [6, 6.07) is -0.723. The Balaban J connectivity index is 2.51. The van der Waals surface area contributed by atoms with Crippen LogP contribution in [0, 0.1) is 0 Å². The SMILES string of the molecule is CCC[C@@H](NC(=O)N1CCN(CC)C(C)C1)C(=O)O. The van der Waals surface area contributed by atoms with E-state index in [0.29, 0.717) is 25.6 Å². The second-order valence-corrected chi connectivity index (χ2v) is 5.05. The van der Waals surface area contributed by atoms with Crippen LogP contribution in [0.3, 0.4) is 0 Å². The number of carboxylic acid groups (broad SMARTS) is 1. The lowest BCUT2D eigenvalue weighted by Gasteiger charge is -2.39. The normalized spacial score (nSPS) is 22.1. The molecule has 6 heteroatoms. The summed E-state index contributed by atoms with van der Waals surface area (Å²) in [6.45, 7) is 9.23. The zero-order chi connectivity index (χ0) is 14.4. The molecular formula is C13H25N3O3. The predicted molar refractivity (Wildman–Crippen MR) is 73.1 cm³/mol. The summed E-state index contributed by atoms with van der Waals surface area (Å²) in [5, 5.41) is 11.7. The van der Waals surface area contributed by atoms with Crippen molar-refractivity contribution >= 4 is 12.0 Å². The van der Waals surface area contributed by atoms with Gasteiger partial charge in [-0.15, -0.1) is 0 Å². The Kier molecular flexibility index (Phi) is 6.08. The minimum absolute atomic E-state index is 0.261. The molecule has 0 aliphatic carbocycles. The van der Waals surface area contributed by atoms with E-state index in [-0.39, 0.29) is 6.03 Å². The van der Waals surface area contributed by atoms with Crippen molar-refractivity contribution < 1.29 is 14.7 Å². The Morgan fingerprint density at radius 2 is 2.05 bits per heavy atom. The molecule has 1 aliphatic heterocycles. The van der Waals surface area contributed by atoms with Crippen LogP contribution in [0.15, 0.2) is 0 Å². The highest BCUT2D eigenvalue weighted by Gasteiger charge is 2.28. The molecule has 0 aromatic rings. The summed E-state index contributed by atoms with van der Waals surface area (Å²) < 4.78 is 0. The van der Waals surface area contributed by atoms with Crippen LogP contribution in [0.4, 0.5) is 4.79 Å². The van der Waals surface area contributed by atoms with Crippen LogP contribution < -0.4 is 5.32 Å². The van der Waals surface area contributed by atoms with Crippen LogP contribution in [0.1, 0.15) is 33.6 Å². The van der Waals surface area contributed by atoms with Crippen LogP contribution in [0.2, 0.25) is 0 Å². The van der Waals surface area contributed by atoms with Gasteiger partial charge in [0.25, 0.3) is 0 Å². The first-order valence-electron chi connectivity index (χ1n) is 7.01. The number of aliphatic carboxylic acids is 1. The Hall–Kier alpha value is -1.30. The zero-order valence-corrected chi connectivity index (χ0v) is 12.1.